The highest BCUT2D eigenvalue weighted by Crippen LogP contribution is 2.10. The van der Waals surface area contributed by atoms with Gasteiger partial charge in [0.15, 0.2) is 5.96 Å². The summed E-state index contributed by atoms with van der Waals surface area (Å²) in [6, 6.07) is 8.27. The van der Waals surface area contributed by atoms with Crippen LogP contribution in [0.2, 0.25) is 0 Å². The Balaban J connectivity index is 1.85. The third-order valence-electron chi connectivity index (χ3n) is 5.13. The van der Waals surface area contributed by atoms with Gasteiger partial charge in [-0.25, -0.2) is 0 Å². The van der Waals surface area contributed by atoms with E-state index in [2.05, 4.69) is 28.5 Å². The Morgan fingerprint density at radius 1 is 1.31 bits per heavy atom. The van der Waals surface area contributed by atoms with Crippen molar-refractivity contribution >= 4 is 11.9 Å². The summed E-state index contributed by atoms with van der Waals surface area (Å²) in [5.41, 5.74) is 1.85. The number of benzene rings is 1. The lowest BCUT2D eigenvalue weighted by atomic mass is 10.1. The molecule has 0 aromatic heterocycles. The largest absolute Gasteiger partial charge is 0.383 e. The highest BCUT2D eigenvalue weighted by atomic mass is 16.5. The van der Waals surface area contributed by atoms with Crippen molar-refractivity contribution in [3.05, 3.63) is 35.4 Å². The monoisotopic (exact) mass is 403 g/mol. The molecule has 0 bridgehead atoms. The Bertz CT molecular complexity index is 654. The second-order valence-electron chi connectivity index (χ2n) is 7.66. The fraction of sp³-hybridized carbons (Fsp3) is 0.636. The molecule has 1 aliphatic heterocycles. The average molecular weight is 404 g/mol. The van der Waals surface area contributed by atoms with Gasteiger partial charge in [-0.3, -0.25) is 9.79 Å². The van der Waals surface area contributed by atoms with Crippen LogP contribution in [0, 0.1) is 0 Å². The van der Waals surface area contributed by atoms with Gasteiger partial charge in [0.2, 0.25) is 0 Å². The summed E-state index contributed by atoms with van der Waals surface area (Å²) in [4.78, 5) is 20.9. The number of amides is 1. The number of hydrogen-bond acceptors (Lipinski definition) is 4. The third kappa shape index (κ3) is 8.03. The number of guanidine groups is 1. The molecular formula is C22H37N5O2. The van der Waals surface area contributed by atoms with Crippen molar-refractivity contribution in [2.75, 3.05) is 60.5 Å². The summed E-state index contributed by atoms with van der Waals surface area (Å²) >= 11 is 0. The van der Waals surface area contributed by atoms with E-state index in [1.54, 1.807) is 26.1 Å². The van der Waals surface area contributed by atoms with Crippen LogP contribution >= 0.6 is 0 Å². The summed E-state index contributed by atoms with van der Waals surface area (Å²) in [6.07, 6.45) is 3.03. The number of nitrogens with zero attached hydrogens (tertiary/aromatic N) is 3. The maximum Gasteiger partial charge on any atom is 0.253 e. The Morgan fingerprint density at radius 2 is 2.07 bits per heavy atom. The molecule has 1 aliphatic rings. The van der Waals surface area contributed by atoms with Crippen molar-refractivity contribution < 1.29 is 9.53 Å². The lowest BCUT2D eigenvalue weighted by Gasteiger charge is -2.32. The van der Waals surface area contributed by atoms with Crippen molar-refractivity contribution in [3.8, 4) is 0 Å². The summed E-state index contributed by atoms with van der Waals surface area (Å²) in [7, 11) is 5.30. The molecule has 2 rings (SSSR count). The lowest BCUT2D eigenvalue weighted by Crippen LogP contribution is -2.49. The van der Waals surface area contributed by atoms with Crippen LogP contribution in [0.5, 0.6) is 0 Å². The van der Waals surface area contributed by atoms with Crippen LogP contribution in [0.25, 0.3) is 0 Å². The first kappa shape index (κ1) is 23.2. The van der Waals surface area contributed by atoms with Crippen LogP contribution in [-0.4, -0.2) is 88.2 Å². The number of nitrogens with one attached hydrogen (secondary N) is 2. The van der Waals surface area contributed by atoms with Gasteiger partial charge in [-0.05, 0) is 43.9 Å². The SMILES string of the molecule is CCNC(=NCCc1cccc(C(=O)N(C)C)c1)NC1CCN(CCOC)CC1. The number of likely N-dealkylation sites (tertiary alicyclic amines) is 1. The van der Waals surface area contributed by atoms with Gasteiger partial charge in [0.25, 0.3) is 5.91 Å². The number of rotatable bonds is 9. The molecule has 0 atom stereocenters. The van der Waals surface area contributed by atoms with E-state index >= 15 is 0 Å². The predicted octanol–water partition coefficient (Wildman–Crippen LogP) is 1.60. The first-order valence-electron chi connectivity index (χ1n) is 10.6. The van der Waals surface area contributed by atoms with Crippen molar-refractivity contribution in [1.82, 2.24) is 20.4 Å². The van der Waals surface area contributed by atoms with Crippen LogP contribution in [0.15, 0.2) is 29.3 Å². The molecule has 1 heterocycles. The lowest BCUT2D eigenvalue weighted by molar-refractivity contribution is 0.0827. The van der Waals surface area contributed by atoms with Gasteiger partial charge in [-0.2, -0.15) is 0 Å². The van der Waals surface area contributed by atoms with E-state index in [4.69, 9.17) is 9.73 Å². The van der Waals surface area contributed by atoms with Crippen LogP contribution in [0.3, 0.4) is 0 Å². The molecule has 1 aromatic carbocycles. The second-order valence-corrected chi connectivity index (χ2v) is 7.66. The number of carbonyl (C=O) groups is 1. The molecule has 0 spiro atoms. The van der Waals surface area contributed by atoms with Crippen LogP contribution in [0.1, 0.15) is 35.7 Å². The standard InChI is InChI=1S/C22H37N5O2/c1-5-23-22(25-20-10-13-27(14-11-20)15-16-29-4)24-12-9-18-7-6-8-19(17-18)21(28)26(2)3/h6-8,17,20H,5,9-16H2,1-4H3,(H2,23,24,25). The van der Waals surface area contributed by atoms with Gasteiger partial charge in [0.05, 0.1) is 6.61 Å². The molecule has 2 N–H and O–H groups in total. The Morgan fingerprint density at radius 3 is 2.72 bits per heavy atom. The van der Waals surface area contributed by atoms with Crippen molar-refractivity contribution in [2.24, 2.45) is 4.99 Å². The fourth-order valence-corrected chi connectivity index (χ4v) is 3.45. The van der Waals surface area contributed by atoms with Crippen molar-refractivity contribution in [2.45, 2.75) is 32.2 Å². The number of carbonyl (C=O) groups excluding carboxylic acids is 1. The number of piperidine rings is 1. The third-order valence-corrected chi connectivity index (χ3v) is 5.13. The highest BCUT2D eigenvalue weighted by molar-refractivity contribution is 5.94. The molecule has 162 valence electrons. The molecule has 1 fully saturated rings. The zero-order valence-electron chi connectivity index (χ0n) is 18.4. The summed E-state index contributed by atoms with van der Waals surface area (Å²) in [6.45, 7) is 7.59. The van der Waals surface area contributed by atoms with Gasteiger partial charge in [-0.15, -0.1) is 0 Å². The molecule has 0 unspecified atom stereocenters. The molecule has 1 aromatic rings. The van der Waals surface area contributed by atoms with E-state index in [0.717, 1.165) is 69.1 Å². The van der Waals surface area contributed by atoms with Crippen molar-refractivity contribution in [3.63, 3.8) is 0 Å². The number of ether oxygens (including phenoxy) is 1. The first-order chi connectivity index (χ1) is 14.0. The zero-order chi connectivity index (χ0) is 21.1. The van der Waals surface area contributed by atoms with E-state index in [1.165, 1.54) is 0 Å². The van der Waals surface area contributed by atoms with E-state index in [9.17, 15) is 4.79 Å². The summed E-state index contributed by atoms with van der Waals surface area (Å²) < 4.78 is 5.17. The smallest absolute Gasteiger partial charge is 0.253 e. The Hall–Kier alpha value is -2.12. The van der Waals surface area contributed by atoms with E-state index < -0.39 is 0 Å². The second kappa shape index (κ2) is 12.4. The van der Waals surface area contributed by atoms with Gasteiger partial charge in [-0.1, -0.05) is 12.1 Å². The minimum absolute atomic E-state index is 0.0298. The van der Waals surface area contributed by atoms with Crippen LogP contribution < -0.4 is 10.6 Å². The molecule has 29 heavy (non-hydrogen) atoms. The minimum atomic E-state index is 0.0298. The summed E-state index contributed by atoms with van der Waals surface area (Å²) in [5.74, 6) is 0.908. The predicted molar refractivity (Wildman–Crippen MR) is 119 cm³/mol. The minimum Gasteiger partial charge on any atom is -0.383 e. The van der Waals surface area contributed by atoms with Gasteiger partial charge >= 0.3 is 0 Å². The van der Waals surface area contributed by atoms with E-state index in [0.29, 0.717) is 12.6 Å². The summed E-state index contributed by atoms with van der Waals surface area (Å²) in [5, 5.41) is 6.94. The van der Waals surface area contributed by atoms with Gasteiger partial charge in [0, 0.05) is 65.5 Å². The van der Waals surface area contributed by atoms with Gasteiger partial charge in [0.1, 0.15) is 0 Å². The molecule has 1 amide bonds. The average Bonchev–Trinajstić information content (AvgIpc) is 2.73. The maximum atomic E-state index is 12.1. The topological polar surface area (TPSA) is 69.2 Å². The van der Waals surface area contributed by atoms with Crippen LogP contribution in [-0.2, 0) is 11.2 Å². The molecule has 0 aliphatic carbocycles. The molecule has 1 saturated heterocycles. The van der Waals surface area contributed by atoms with E-state index in [1.807, 2.05) is 18.2 Å². The van der Waals surface area contributed by atoms with Crippen LogP contribution in [0.4, 0.5) is 0 Å². The molecular weight excluding hydrogens is 366 g/mol. The quantitative estimate of drug-likeness (QED) is 0.484. The zero-order valence-corrected chi connectivity index (χ0v) is 18.4. The van der Waals surface area contributed by atoms with Crippen molar-refractivity contribution in [1.29, 1.82) is 0 Å². The number of hydrogen-bond donors (Lipinski definition) is 2. The highest BCUT2D eigenvalue weighted by Gasteiger charge is 2.19. The molecule has 0 saturated carbocycles. The molecule has 7 nitrogen and oxygen atoms in total. The van der Waals surface area contributed by atoms with Gasteiger partial charge < -0.3 is 25.2 Å². The molecule has 0 radical (unpaired) electrons. The maximum absolute atomic E-state index is 12.1. The normalized spacial score (nSPS) is 15.9. The number of methoxy groups -OCH3 is 1. The Labute approximate surface area is 175 Å². The molecule has 7 heteroatoms. The Kier molecular flexibility index (Phi) is 9.94. The first-order valence-corrected chi connectivity index (χ1v) is 10.6. The van der Waals surface area contributed by atoms with E-state index in [-0.39, 0.29) is 5.91 Å². The fourth-order valence-electron chi connectivity index (χ4n) is 3.45. The number of aliphatic imine (C=N–C) groups is 1.